The molecule has 0 unspecified atom stereocenters. The van der Waals surface area contributed by atoms with Gasteiger partial charge in [-0.15, -0.1) is 11.3 Å². The third kappa shape index (κ3) is 3.98. The van der Waals surface area contributed by atoms with Gasteiger partial charge < -0.3 is 19.1 Å². The number of hydrogen-bond donors (Lipinski definition) is 0. The number of ether oxygens (including phenoxy) is 3. The minimum atomic E-state index is -0.514. The number of likely N-dealkylation sites (tertiary alicyclic amines) is 1. The molecule has 2 aromatic rings. The molecular weight excluding hydrogens is 394 g/mol. The largest absolute Gasteiger partial charge is 0.488 e. The predicted octanol–water partition coefficient (Wildman–Crippen LogP) is 2.88. The number of hydrogen-bond acceptors (Lipinski definition) is 7. The minimum absolute atomic E-state index is 0.172. The first-order valence-corrected chi connectivity index (χ1v) is 10.3. The summed E-state index contributed by atoms with van der Waals surface area (Å²) in [7, 11) is 1.37. The van der Waals surface area contributed by atoms with Crippen LogP contribution in [0.4, 0.5) is 0 Å². The third-order valence-corrected chi connectivity index (χ3v) is 6.42. The molecule has 4 rings (SSSR count). The molecule has 0 radical (unpaired) electrons. The van der Waals surface area contributed by atoms with Crippen LogP contribution in [0.25, 0.3) is 10.4 Å². The summed E-state index contributed by atoms with van der Waals surface area (Å²) in [4.78, 5) is 39.5. The van der Waals surface area contributed by atoms with E-state index in [9.17, 15) is 14.4 Å². The lowest BCUT2D eigenvalue weighted by Crippen LogP contribution is -2.42. The van der Waals surface area contributed by atoms with Crippen molar-refractivity contribution in [3.8, 4) is 16.2 Å². The van der Waals surface area contributed by atoms with Crippen LogP contribution in [-0.4, -0.2) is 49.6 Å². The average molecular weight is 415 g/mol. The highest BCUT2D eigenvalue weighted by molar-refractivity contribution is 7.17. The molecule has 0 atom stereocenters. The van der Waals surface area contributed by atoms with Crippen LogP contribution in [0.15, 0.2) is 30.3 Å². The second-order valence-corrected chi connectivity index (χ2v) is 8.06. The fourth-order valence-corrected chi connectivity index (χ4v) is 4.71. The van der Waals surface area contributed by atoms with E-state index in [-0.39, 0.29) is 24.4 Å². The molecule has 8 heteroatoms. The SMILES string of the molecule is COC(=O)C1CCN(C(=O)COC(=O)c2cc3c(s2)-c2ccccc2OC3)CC1. The van der Waals surface area contributed by atoms with Crippen LogP contribution in [0, 0.1) is 5.92 Å². The van der Waals surface area contributed by atoms with Crippen molar-refractivity contribution < 1.29 is 28.6 Å². The molecule has 1 fully saturated rings. The third-order valence-electron chi connectivity index (χ3n) is 5.23. The Morgan fingerprint density at radius 3 is 2.72 bits per heavy atom. The average Bonchev–Trinajstić information content (AvgIpc) is 3.22. The smallest absolute Gasteiger partial charge is 0.348 e. The van der Waals surface area contributed by atoms with Gasteiger partial charge >= 0.3 is 11.9 Å². The number of para-hydroxylation sites is 1. The topological polar surface area (TPSA) is 82.1 Å². The molecule has 1 aromatic carbocycles. The Hall–Kier alpha value is -2.87. The summed E-state index contributed by atoms with van der Waals surface area (Å²) < 4.78 is 15.7. The lowest BCUT2D eigenvalue weighted by atomic mass is 9.97. The number of methoxy groups -OCH3 is 1. The highest BCUT2D eigenvalue weighted by Gasteiger charge is 2.29. The van der Waals surface area contributed by atoms with Gasteiger partial charge in [0.1, 0.15) is 17.2 Å². The van der Waals surface area contributed by atoms with Crippen molar-refractivity contribution in [2.45, 2.75) is 19.4 Å². The number of piperidine rings is 1. The molecule has 2 aliphatic heterocycles. The van der Waals surface area contributed by atoms with Gasteiger partial charge in [0.25, 0.3) is 5.91 Å². The monoisotopic (exact) mass is 415 g/mol. The maximum Gasteiger partial charge on any atom is 0.348 e. The molecule has 7 nitrogen and oxygen atoms in total. The molecular formula is C21H21NO6S. The van der Waals surface area contributed by atoms with Crippen LogP contribution in [0.1, 0.15) is 28.1 Å². The quantitative estimate of drug-likeness (QED) is 0.715. The van der Waals surface area contributed by atoms with Gasteiger partial charge in [-0.1, -0.05) is 12.1 Å². The lowest BCUT2D eigenvalue weighted by Gasteiger charge is -2.30. The summed E-state index contributed by atoms with van der Waals surface area (Å²) in [6.07, 6.45) is 1.12. The summed E-state index contributed by atoms with van der Waals surface area (Å²) in [5, 5.41) is 0. The van der Waals surface area contributed by atoms with E-state index in [4.69, 9.17) is 14.2 Å². The van der Waals surface area contributed by atoms with E-state index in [0.717, 1.165) is 21.8 Å². The van der Waals surface area contributed by atoms with Gasteiger partial charge in [0.15, 0.2) is 6.61 Å². The normalized spacial score (nSPS) is 15.7. The van der Waals surface area contributed by atoms with Crippen molar-refractivity contribution >= 4 is 29.2 Å². The van der Waals surface area contributed by atoms with Gasteiger partial charge in [-0.25, -0.2) is 4.79 Å². The number of carbonyl (C=O) groups excluding carboxylic acids is 3. The molecule has 0 saturated carbocycles. The molecule has 1 amide bonds. The van der Waals surface area contributed by atoms with Gasteiger partial charge in [0.05, 0.1) is 13.0 Å². The maximum absolute atomic E-state index is 12.5. The number of carbonyl (C=O) groups is 3. The van der Waals surface area contributed by atoms with Crippen LogP contribution in [0.5, 0.6) is 5.75 Å². The van der Waals surface area contributed by atoms with E-state index >= 15 is 0 Å². The van der Waals surface area contributed by atoms with E-state index in [0.29, 0.717) is 37.4 Å². The number of esters is 2. The van der Waals surface area contributed by atoms with E-state index < -0.39 is 5.97 Å². The van der Waals surface area contributed by atoms with Crippen molar-refractivity contribution in [1.29, 1.82) is 0 Å². The second-order valence-electron chi connectivity index (χ2n) is 7.00. The Labute approximate surface area is 172 Å². The summed E-state index contributed by atoms with van der Waals surface area (Å²) >= 11 is 1.35. The number of rotatable bonds is 4. The molecule has 0 bridgehead atoms. The van der Waals surface area contributed by atoms with Crippen molar-refractivity contribution in [2.24, 2.45) is 5.92 Å². The maximum atomic E-state index is 12.5. The van der Waals surface area contributed by atoms with Crippen molar-refractivity contribution in [1.82, 2.24) is 4.90 Å². The molecule has 1 aromatic heterocycles. The van der Waals surface area contributed by atoms with Crippen LogP contribution in [0.3, 0.4) is 0 Å². The molecule has 29 heavy (non-hydrogen) atoms. The van der Waals surface area contributed by atoms with Crippen molar-refractivity contribution in [2.75, 3.05) is 26.8 Å². The van der Waals surface area contributed by atoms with Crippen LogP contribution < -0.4 is 4.74 Å². The summed E-state index contributed by atoms with van der Waals surface area (Å²) in [6, 6.07) is 9.46. The number of amides is 1. The number of thiophene rings is 1. The summed E-state index contributed by atoms with van der Waals surface area (Å²) in [6.45, 7) is 1.01. The van der Waals surface area contributed by atoms with E-state index in [1.807, 2.05) is 24.3 Å². The first kappa shape index (κ1) is 19.4. The van der Waals surface area contributed by atoms with Crippen molar-refractivity contribution in [3.05, 3.63) is 40.8 Å². The van der Waals surface area contributed by atoms with Crippen LogP contribution in [-0.2, 0) is 25.7 Å². The fraction of sp³-hybridized carbons (Fsp3) is 0.381. The minimum Gasteiger partial charge on any atom is -0.488 e. The zero-order chi connectivity index (χ0) is 20.4. The molecule has 3 heterocycles. The zero-order valence-corrected chi connectivity index (χ0v) is 16.8. The Bertz CT molecular complexity index is 944. The zero-order valence-electron chi connectivity index (χ0n) is 16.0. The van der Waals surface area contributed by atoms with Gasteiger partial charge in [0, 0.05) is 29.1 Å². The molecule has 152 valence electrons. The molecule has 0 spiro atoms. The Morgan fingerprint density at radius 1 is 1.21 bits per heavy atom. The first-order chi connectivity index (χ1) is 14.1. The van der Waals surface area contributed by atoms with Gasteiger partial charge in [0.2, 0.25) is 0 Å². The van der Waals surface area contributed by atoms with Crippen LogP contribution in [0.2, 0.25) is 0 Å². The van der Waals surface area contributed by atoms with E-state index in [2.05, 4.69) is 0 Å². The highest BCUT2D eigenvalue weighted by Crippen LogP contribution is 2.42. The standard InChI is InChI=1S/C21H21NO6S/c1-26-20(24)13-6-8-22(9-7-13)18(23)12-28-21(25)17-10-14-11-27-16-5-3-2-4-15(16)19(14)29-17/h2-5,10,13H,6-9,11-12H2,1H3. The molecule has 0 aliphatic carbocycles. The van der Waals surface area contributed by atoms with Gasteiger partial charge in [-0.2, -0.15) is 0 Å². The fourth-order valence-electron chi connectivity index (χ4n) is 3.62. The second kappa shape index (κ2) is 8.24. The van der Waals surface area contributed by atoms with Crippen LogP contribution >= 0.6 is 11.3 Å². The summed E-state index contributed by atoms with van der Waals surface area (Å²) in [5.41, 5.74) is 1.90. The molecule has 2 aliphatic rings. The van der Waals surface area contributed by atoms with E-state index in [1.54, 1.807) is 11.0 Å². The Balaban J connectivity index is 1.34. The Morgan fingerprint density at radius 2 is 1.97 bits per heavy atom. The Kier molecular flexibility index (Phi) is 5.53. The van der Waals surface area contributed by atoms with E-state index in [1.165, 1.54) is 18.4 Å². The van der Waals surface area contributed by atoms with Crippen molar-refractivity contribution in [3.63, 3.8) is 0 Å². The molecule has 1 saturated heterocycles. The van der Waals surface area contributed by atoms with Gasteiger partial charge in [-0.3, -0.25) is 9.59 Å². The lowest BCUT2D eigenvalue weighted by molar-refractivity contribution is -0.149. The highest BCUT2D eigenvalue weighted by atomic mass is 32.1. The summed E-state index contributed by atoms with van der Waals surface area (Å²) in [5.74, 6) is -0.381. The number of nitrogens with zero attached hydrogens (tertiary/aromatic N) is 1. The number of benzene rings is 1. The first-order valence-electron chi connectivity index (χ1n) is 9.44. The number of fused-ring (bicyclic) bond motifs is 3. The van der Waals surface area contributed by atoms with Gasteiger partial charge in [-0.05, 0) is 31.0 Å². The molecule has 0 N–H and O–H groups in total. The predicted molar refractivity (Wildman–Crippen MR) is 106 cm³/mol.